The molecule has 0 spiro atoms. The lowest BCUT2D eigenvalue weighted by Gasteiger charge is -2.28. The number of benzene rings is 2. The first-order valence-electron chi connectivity index (χ1n) is 11.7. The first-order valence-corrected chi connectivity index (χ1v) is 12.6. The van der Waals surface area contributed by atoms with E-state index < -0.39 is 5.25 Å². The van der Waals surface area contributed by atoms with E-state index in [1.54, 1.807) is 0 Å². The zero-order chi connectivity index (χ0) is 23.5. The van der Waals surface area contributed by atoms with Gasteiger partial charge in [-0.05, 0) is 17.5 Å². The molecule has 1 unspecified atom stereocenters. The quantitative estimate of drug-likeness (QED) is 0.286. The number of H-pyrrole nitrogens is 1. The van der Waals surface area contributed by atoms with Gasteiger partial charge in [-0.15, -0.1) is 10.2 Å². The number of anilines is 1. The fraction of sp³-hybridized carbons (Fsp3) is 0.346. The summed E-state index contributed by atoms with van der Waals surface area (Å²) in [6, 6.07) is 17.9. The molecule has 5 rings (SSSR count). The lowest BCUT2D eigenvalue weighted by Crippen LogP contribution is -2.38. The zero-order valence-corrected chi connectivity index (χ0v) is 20.3. The van der Waals surface area contributed by atoms with Crippen LogP contribution in [0.3, 0.4) is 0 Å². The minimum Gasteiger partial charge on any atom is -0.378 e. The third-order valence-corrected chi connectivity index (χ3v) is 7.19. The fourth-order valence-corrected chi connectivity index (χ4v) is 5.42. The predicted molar refractivity (Wildman–Crippen MR) is 136 cm³/mol. The molecule has 0 radical (unpaired) electrons. The molecule has 2 aromatic carbocycles. The summed E-state index contributed by atoms with van der Waals surface area (Å²) < 4.78 is 7.69. The Hall–Kier alpha value is -3.10. The van der Waals surface area contributed by atoms with Gasteiger partial charge in [0.2, 0.25) is 5.95 Å². The van der Waals surface area contributed by atoms with Crippen LogP contribution < -0.4 is 4.90 Å². The number of morpholine rings is 1. The Morgan fingerprint density at radius 3 is 2.56 bits per heavy atom. The third kappa shape index (κ3) is 4.60. The monoisotopic (exact) mass is 475 g/mol. The van der Waals surface area contributed by atoms with Crippen molar-refractivity contribution in [2.24, 2.45) is 5.92 Å². The molecule has 1 fully saturated rings. The molecule has 1 aliphatic heterocycles. The molecule has 34 heavy (non-hydrogen) atoms. The van der Waals surface area contributed by atoms with Gasteiger partial charge in [0.25, 0.3) is 0 Å². The van der Waals surface area contributed by atoms with E-state index in [1.165, 1.54) is 11.8 Å². The van der Waals surface area contributed by atoms with E-state index in [2.05, 4.69) is 38.5 Å². The van der Waals surface area contributed by atoms with Gasteiger partial charge in [0, 0.05) is 42.3 Å². The molecule has 8 heteroatoms. The van der Waals surface area contributed by atoms with E-state index in [1.807, 2.05) is 60.8 Å². The second-order valence-corrected chi connectivity index (χ2v) is 9.98. The van der Waals surface area contributed by atoms with Gasteiger partial charge in [0.05, 0.1) is 13.2 Å². The maximum atomic E-state index is 13.9. The highest BCUT2D eigenvalue weighted by molar-refractivity contribution is 8.00. The van der Waals surface area contributed by atoms with Crippen molar-refractivity contribution < 1.29 is 9.53 Å². The summed E-state index contributed by atoms with van der Waals surface area (Å²) in [4.78, 5) is 19.4. The summed E-state index contributed by atoms with van der Waals surface area (Å²) in [6.07, 6.45) is 1.82. The first-order chi connectivity index (χ1) is 16.6. The SMILES string of the molecule is CC(C)Cn1c(SC(C(=O)c2c[nH]c3ccccc23)c2ccccc2)nnc1N1CCOCC1. The third-order valence-electron chi connectivity index (χ3n) is 5.96. The molecule has 176 valence electrons. The standard InChI is InChI=1S/C26H29N5O2S/c1-18(2)17-31-25(30-12-14-33-15-13-30)28-29-26(31)34-24(19-8-4-3-5-9-19)23(32)21-16-27-22-11-7-6-10-20(21)22/h3-11,16,18,24,27H,12-15,17H2,1-2H3. The van der Waals surface area contributed by atoms with Gasteiger partial charge in [-0.1, -0.05) is 74.1 Å². The molecule has 0 amide bonds. The number of ether oxygens (including phenoxy) is 1. The molecule has 0 saturated carbocycles. The van der Waals surface area contributed by atoms with E-state index in [-0.39, 0.29) is 5.78 Å². The van der Waals surface area contributed by atoms with E-state index >= 15 is 0 Å². The van der Waals surface area contributed by atoms with Gasteiger partial charge in [-0.2, -0.15) is 0 Å². The number of rotatable bonds is 8. The summed E-state index contributed by atoms with van der Waals surface area (Å²) in [5, 5.41) is 10.4. The number of nitrogens with one attached hydrogen (secondary N) is 1. The number of aromatic amines is 1. The van der Waals surface area contributed by atoms with Crippen molar-refractivity contribution in [3.05, 3.63) is 71.9 Å². The summed E-state index contributed by atoms with van der Waals surface area (Å²) in [5.74, 6) is 1.32. The number of Topliss-reactive ketones (excluding diaryl/α,β-unsaturated/α-hetero) is 1. The molecular formula is C26H29N5O2S. The second-order valence-electron chi connectivity index (χ2n) is 8.91. The number of nitrogens with zero attached hydrogens (tertiary/aromatic N) is 4. The van der Waals surface area contributed by atoms with E-state index in [0.717, 1.165) is 47.2 Å². The number of hydrogen-bond acceptors (Lipinski definition) is 6. The van der Waals surface area contributed by atoms with Gasteiger partial charge in [0.1, 0.15) is 5.25 Å². The molecule has 1 saturated heterocycles. The topological polar surface area (TPSA) is 76.0 Å². The number of carbonyl (C=O) groups is 1. The predicted octanol–water partition coefficient (Wildman–Crippen LogP) is 4.97. The van der Waals surface area contributed by atoms with Gasteiger partial charge in [0.15, 0.2) is 10.9 Å². The number of ketones is 1. The molecule has 0 bridgehead atoms. The van der Waals surface area contributed by atoms with Gasteiger partial charge in [-0.3, -0.25) is 9.36 Å². The van der Waals surface area contributed by atoms with Crippen molar-refractivity contribution in [1.82, 2.24) is 19.7 Å². The number of para-hydroxylation sites is 1. The molecule has 4 aromatic rings. The molecule has 7 nitrogen and oxygen atoms in total. The van der Waals surface area contributed by atoms with Crippen molar-refractivity contribution in [1.29, 1.82) is 0 Å². The van der Waals surface area contributed by atoms with Gasteiger partial charge >= 0.3 is 0 Å². The van der Waals surface area contributed by atoms with Crippen LogP contribution in [0.4, 0.5) is 5.95 Å². The van der Waals surface area contributed by atoms with Crippen molar-refractivity contribution in [3.8, 4) is 0 Å². The lowest BCUT2D eigenvalue weighted by molar-refractivity contribution is 0.0991. The Morgan fingerprint density at radius 1 is 1.06 bits per heavy atom. The average Bonchev–Trinajstić information content (AvgIpc) is 3.47. The van der Waals surface area contributed by atoms with Crippen LogP contribution in [-0.2, 0) is 11.3 Å². The van der Waals surface area contributed by atoms with Crippen LogP contribution in [0.25, 0.3) is 10.9 Å². The molecule has 2 aromatic heterocycles. The van der Waals surface area contributed by atoms with Crippen LogP contribution in [0, 0.1) is 5.92 Å². The van der Waals surface area contributed by atoms with Gasteiger partial charge in [-0.25, -0.2) is 0 Å². The van der Waals surface area contributed by atoms with E-state index in [0.29, 0.717) is 24.7 Å². The lowest BCUT2D eigenvalue weighted by atomic mass is 10.0. The zero-order valence-electron chi connectivity index (χ0n) is 19.5. The number of aromatic nitrogens is 4. The minimum atomic E-state index is -0.437. The van der Waals surface area contributed by atoms with E-state index in [4.69, 9.17) is 4.74 Å². The van der Waals surface area contributed by atoms with Crippen LogP contribution in [0.5, 0.6) is 0 Å². The molecule has 0 aliphatic carbocycles. The molecule has 1 N–H and O–H groups in total. The highest BCUT2D eigenvalue weighted by Crippen LogP contribution is 2.39. The van der Waals surface area contributed by atoms with Crippen molar-refractivity contribution in [2.75, 3.05) is 31.2 Å². The number of hydrogen-bond donors (Lipinski definition) is 1. The van der Waals surface area contributed by atoms with Crippen molar-refractivity contribution in [2.45, 2.75) is 30.8 Å². The summed E-state index contributed by atoms with van der Waals surface area (Å²) in [6.45, 7) is 8.09. The maximum Gasteiger partial charge on any atom is 0.228 e. The van der Waals surface area contributed by atoms with Crippen LogP contribution >= 0.6 is 11.8 Å². The number of carbonyl (C=O) groups excluding carboxylic acids is 1. The summed E-state index contributed by atoms with van der Waals surface area (Å²) in [5.41, 5.74) is 2.61. The smallest absolute Gasteiger partial charge is 0.228 e. The fourth-order valence-electron chi connectivity index (χ4n) is 4.31. The largest absolute Gasteiger partial charge is 0.378 e. The van der Waals surface area contributed by atoms with Crippen LogP contribution in [0.1, 0.15) is 35.0 Å². The Morgan fingerprint density at radius 2 is 1.79 bits per heavy atom. The van der Waals surface area contributed by atoms with Gasteiger partial charge < -0.3 is 14.6 Å². The van der Waals surface area contributed by atoms with Crippen molar-refractivity contribution in [3.63, 3.8) is 0 Å². The molecular weight excluding hydrogens is 446 g/mol. The molecule has 1 aliphatic rings. The van der Waals surface area contributed by atoms with Crippen LogP contribution in [0.15, 0.2) is 66.0 Å². The Balaban J connectivity index is 1.53. The average molecular weight is 476 g/mol. The van der Waals surface area contributed by atoms with Crippen LogP contribution in [-0.4, -0.2) is 51.8 Å². The number of thioether (sulfide) groups is 1. The van der Waals surface area contributed by atoms with E-state index in [9.17, 15) is 4.79 Å². The Labute approximate surface area is 203 Å². The second kappa shape index (κ2) is 10.0. The Kier molecular flexibility index (Phi) is 6.69. The number of fused-ring (bicyclic) bond motifs is 1. The summed E-state index contributed by atoms with van der Waals surface area (Å²) >= 11 is 1.48. The highest BCUT2D eigenvalue weighted by atomic mass is 32.2. The minimum absolute atomic E-state index is 0.0562. The van der Waals surface area contributed by atoms with Crippen LogP contribution in [0.2, 0.25) is 0 Å². The first kappa shape index (κ1) is 22.7. The summed E-state index contributed by atoms with van der Waals surface area (Å²) in [7, 11) is 0. The molecule has 3 heterocycles. The Bertz CT molecular complexity index is 1260. The maximum absolute atomic E-state index is 13.9. The normalized spacial score (nSPS) is 15.2. The van der Waals surface area contributed by atoms with Crippen molar-refractivity contribution >= 4 is 34.4 Å². The molecule has 1 atom stereocenters. The highest BCUT2D eigenvalue weighted by Gasteiger charge is 2.29.